The van der Waals surface area contributed by atoms with Gasteiger partial charge in [-0.15, -0.1) is 0 Å². The first-order valence-electron chi connectivity index (χ1n) is 6.84. The molecule has 1 atom stereocenters. The van der Waals surface area contributed by atoms with Crippen LogP contribution in [0.25, 0.3) is 0 Å². The van der Waals surface area contributed by atoms with Gasteiger partial charge in [-0.1, -0.05) is 33.6 Å². The minimum Gasteiger partial charge on any atom is -0.285 e. The highest BCUT2D eigenvalue weighted by molar-refractivity contribution is 4.94. The molecule has 1 aliphatic rings. The Balaban J connectivity index is 2.56. The molecule has 0 saturated heterocycles. The number of hydrogen-bond donors (Lipinski definition) is 0. The van der Waals surface area contributed by atoms with Gasteiger partial charge in [0.05, 0.1) is 12.1 Å². The van der Waals surface area contributed by atoms with E-state index in [1.807, 2.05) is 0 Å². The molecule has 2 heteroatoms. The zero-order valence-corrected chi connectivity index (χ0v) is 11.1. The molecule has 92 valence electrons. The van der Waals surface area contributed by atoms with Gasteiger partial charge in [0, 0.05) is 6.04 Å². The van der Waals surface area contributed by atoms with E-state index >= 15 is 0 Å². The fourth-order valence-corrected chi connectivity index (χ4v) is 2.64. The average Bonchev–Trinajstić information content (AvgIpc) is 2.77. The number of nitrogens with zero attached hydrogens (tertiary/aromatic N) is 2. The van der Waals surface area contributed by atoms with Crippen molar-refractivity contribution in [2.24, 2.45) is 5.92 Å². The maximum atomic E-state index is 9.23. The van der Waals surface area contributed by atoms with Crippen LogP contribution in [-0.2, 0) is 0 Å². The quantitative estimate of drug-likeness (QED) is 0.687. The first-order chi connectivity index (χ1) is 7.69. The first-order valence-corrected chi connectivity index (χ1v) is 6.84. The van der Waals surface area contributed by atoms with Gasteiger partial charge < -0.3 is 0 Å². The van der Waals surface area contributed by atoms with Crippen molar-refractivity contribution in [1.82, 2.24) is 4.90 Å². The van der Waals surface area contributed by atoms with Crippen molar-refractivity contribution in [2.45, 2.75) is 71.4 Å². The Labute approximate surface area is 101 Å². The van der Waals surface area contributed by atoms with E-state index in [0.29, 0.717) is 6.04 Å². The third kappa shape index (κ3) is 3.79. The van der Waals surface area contributed by atoms with Crippen LogP contribution in [0.1, 0.15) is 59.3 Å². The van der Waals surface area contributed by atoms with E-state index in [1.54, 1.807) is 0 Å². The van der Waals surface area contributed by atoms with Gasteiger partial charge in [-0.2, -0.15) is 5.26 Å². The molecule has 0 spiro atoms. The lowest BCUT2D eigenvalue weighted by Crippen LogP contribution is -2.42. The Morgan fingerprint density at radius 3 is 2.38 bits per heavy atom. The van der Waals surface area contributed by atoms with Gasteiger partial charge in [-0.25, -0.2) is 0 Å². The predicted octanol–water partition coefficient (Wildman–Crippen LogP) is 3.58. The molecular weight excluding hydrogens is 196 g/mol. The summed E-state index contributed by atoms with van der Waals surface area (Å²) in [6.45, 7) is 7.76. The van der Waals surface area contributed by atoms with E-state index in [4.69, 9.17) is 0 Å². The first kappa shape index (κ1) is 13.5. The molecule has 0 aromatic rings. The Hall–Kier alpha value is -0.550. The molecule has 0 radical (unpaired) electrons. The molecule has 0 bridgehead atoms. The standard InChI is InChI=1S/C14H26N2/c1-4-13(11-15)16(10-9-12(2)3)14-7-5-6-8-14/h12-14H,4-10H2,1-3H3. The molecule has 1 unspecified atom stereocenters. The second-order valence-electron chi connectivity index (χ2n) is 5.41. The van der Waals surface area contributed by atoms with Gasteiger partial charge in [0.25, 0.3) is 0 Å². The second kappa shape index (κ2) is 6.91. The van der Waals surface area contributed by atoms with Crippen molar-refractivity contribution in [3.63, 3.8) is 0 Å². The van der Waals surface area contributed by atoms with Crippen molar-refractivity contribution in [1.29, 1.82) is 5.26 Å². The SMILES string of the molecule is CCC(C#N)N(CCC(C)C)C1CCCC1. The smallest absolute Gasteiger partial charge is 0.0977 e. The van der Waals surface area contributed by atoms with E-state index in [1.165, 1.54) is 32.1 Å². The van der Waals surface area contributed by atoms with Gasteiger partial charge in [0.15, 0.2) is 0 Å². The summed E-state index contributed by atoms with van der Waals surface area (Å²) in [6.07, 6.45) is 7.49. The molecule has 0 aliphatic heterocycles. The van der Waals surface area contributed by atoms with Gasteiger partial charge in [0.1, 0.15) is 0 Å². The molecule has 1 aliphatic carbocycles. The number of nitriles is 1. The van der Waals surface area contributed by atoms with Crippen LogP contribution in [0.15, 0.2) is 0 Å². The Morgan fingerprint density at radius 2 is 1.94 bits per heavy atom. The van der Waals surface area contributed by atoms with E-state index in [0.717, 1.165) is 18.9 Å². The lowest BCUT2D eigenvalue weighted by atomic mass is 10.1. The van der Waals surface area contributed by atoms with Crippen molar-refractivity contribution in [3.05, 3.63) is 0 Å². The normalized spacial score (nSPS) is 19.2. The summed E-state index contributed by atoms with van der Waals surface area (Å²) >= 11 is 0. The molecule has 1 saturated carbocycles. The summed E-state index contributed by atoms with van der Waals surface area (Å²) in [4.78, 5) is 2.48. The summed E-state index contributed by atoms with van der Waals surface area (Å²) in [5.74, 6) is 0.736. The van der Waals surface area contributed by atoms with Crippen LogP contribution in [0.5, 0.6) is 0 Å². The lowest BCUT2D eigenvalue weighted by molar-refractivity contribution is 0.153. The molecule has 0 aromatic carbocycles. The van der Waals surface area contributed by atoms with Gasteiger partial charge in [-0.3, -0.25) is 4.90 Å². The van der Waals surface area contributed by atoms with Crippen molar-refractivity contribution < 1.29 is 0 Å². The van der Waals surface area contributed by atoms with E-state index in [2.05, 4.69) is 31.7 Å². The lowest BCUT2D eigenvalue weighted by Gasteiger charge is -2.32. The van der Waals surface area contributed by atoms with E-state index < -0.39 is 0 Å². The van der Waals surface area contributed by atoms with Crippen LogP contribution in [0.2, 0.25) is 0 Å². The van der Waals surface area contributed by atoms with E-state index in [9.17, 15) is 5.26 Å². The summed E-state index contributed by atoms with van der Waals surface area (Å²) in [5.41, 5.74) is 0. The van der Waals surface area contributed by atoms with Gasteiger partial charge in [0.2, 0.25) is 0 Å². The monoisotopic (exact) mass is 222 g/mol. The highest BCUT2D eigenvalue weighted by atomic mass is 15.2. The second-order valence-corrected chi connectivity index (χ2v) is 5.41. The Morgan fingerprint density at radius 1 is 1.31 bits per heavy atom. The molecule has 16 heavy (non-hydrogen) atoms. The van der Waals surface area contributed by atoms with Crippen LogP contribution in [-0.4, -0.2) is 23.5 Å². The highest BCUT2D eigenvalue weighted by Crippen LogP contribution is 2.26. The largest absolute Gasteiger partial charge is 0.285 e. The summed E-state index contributed by atoms with van der Waals surface area (Å²) in [6, 6.07) is 3.30. The summed E-state index contributed by atoms with van der Waals surface area (Å²) in [7, 11) is 0. The predicted molar refractivity (Wildman–Crippen MR) is 68.1 cm³/mol. The topological polar surface area (TPSA) is 27.0 Å². The molecule has 2 nitrogen and oxygen atoms in total. The van der Waals surface area contributed by atoms with Crippen molar-refractivity contribution in [2.75, 3.05) is 6.54 Å². The zero-order chi connectivity index (χ0) is 12.0. The number of rotatable bonds is 6. The maximum absolute atomic E-state index is 9.23. The molecule has 0 aromatic heterocycles. The van der Waals surface area contributed by atoms with Crippen molar-refractivity contribution in [3.8, 4) is 6.07 Å². The molecular formula is C14H26N2. The molecule has 0 amide bonds. The number of hydrogen-bond acceptors (Lipinski definition) is 2. The minimum atomic E-state index is 0.141. The highest BCUT2D eigenvalue weighted by Gasteiger charge is 2.27. The molecule has 1 rings (SSSR count). The van der Waals surface area contributed by atoms with Crippen LogP contribution in [0, 0.1) is 17.2 Å². The summed E-state index contributed by atoms with van der Waals surface area (Å²) in [5, 5.41) is 9.23. The third-order valence-electron chi connectivity index (χ3n) is 3.69. The Kier molecular flexibility index (Phi) is 5.84. The fourth-order valence-electron chi connectivity index (χ4n) is 2.64. The van der Waals surface area contributed by atoms with Crippen LogP contribution < -0.4 is 0 Å². The van der Waals surface area contributed by atoms with Crippen LogP contribution in [0.4, 0.5) is 0 Å². The molecule has 0 heterocycles. The van der Waals surface area contributed by atoms with Crippen molar-refractivity contribution >= 4 is 0 Å². The fraction of sp³-hybridized carbons (Fsp3) is 0.929. The summed E-state index contributed by atoms with van der Waals surface area (Å²) < 4.78 is 0. The third-order valence-corrected chi connectivity index (χ3v) is 3.69. The van der Waals surface area contributed by atoms with Gasteiger partial charge in [-0.05, 0) is 38.1 Å². The van der Waals surface area contributed by atoms with Crippen LogP contribution >= 0.6 is 0 Å². The average molecular weight is 222 g/mol. The molecule has 0 N–H and O–H groups in total. The zero-order valence-electron chi connectivity index (χ0n) is 11.1. The minimum absolute atomic E-state index is 0.141. The van der Waals surface area contributed by atoms with Gasteiger partial charge >= 0.3 is 0 Å². The van der Waals surface area contributed by atoms with E-state index in [-0.39, 0.29) is 6.04 Å². The van der Waals surface area contributed by atoms with Crippen LogP contribution in [0.3, 0.4) is 0 Å². The Bertz CT molecular complexity index is 223. The molecule has 1 fully saturated rings. The maximum Gasteiger partial charge on any atom is 0.0977 e.